The van der Waals surface area contributed by atoms with E-state index < -0.39 is 0 Å². The molecule has 0 saturated carbocycles. The molecule has 0 bridgehead atoms. The first kappa shape index (κ1) is 17.7. The van der Waals surface area contributed by atoms with Crippen molar-refractivity contribution < 1.29 is 4.79 Å². The minimum absolute atomic E-state index is 0.110. The molecular weight excluding hydrogens is 359 g/mol. The molecule has 2 heterocycles. The number of pyridine rings is 1. The Kier molecular flexibility index (Phi) is 5.25. The molecule has 0 spiro atoms. The topological polar surface area (TPSA) is 59.3 Å². The summed E-state index contributed by atoms with van der Waals surface area (Å²) in [6.07, 6.45) is 2.00. The molecule has 130 valence electrons. The highest BCUT2D eigenvalue weighted by Crippen LogP contribution is 2.26. The molecule has 0 aliphatic rings. The van der Waals surface area contributed by atoms with Gasteiger partial charge in [0.25, 0.3) is 0 Å². The highest BCUT2D eigenvalue weighted by atomic mass is 35.5. The van der Waals surface area contributed by atoms with E-state index in [1.165, 1.54) is 0 Å². The first-order chi connectivity index (χ1) is 12.0. The zero-order valence-corrected chi connectivity index (χ0v) is 15.4. The van der Waals surface area contributed by atoms with Crippen molar-refractivity contribution in [2.75, 3.05) is 0 Å². The van der Waals surface area contributed by atoms with Crippen LogP contribution in [0.15, 0.2) is 42.6 Å². The highest BCUT2D eigenvalue weighted by molar-refractivity contribution is 6.36. The molecule has 1 N–H and O–H groups in total. The predicted octanol–water partition coefficient (Wildman–Crippen LogP) is 4.09. The molecule has 1 aromatic carbocycles. The number of carbonyl (C=O) groups excluding carboxylic acids is 1. The summed E-state index contributed by atoms with van der Waals surface area (Å²) in [7, 11) is 0. The summed E-state index contributed by atoms with van der Waals surface area (Å²) in [5, 5.41) is 12.4. The highest BCUT2D eigenvalue weighted by Gasteiger charge is 2.24. The van der Waals surface area contributed by atoms with Gasteiger partial charge in [0.1, 0.15) is 0 Å². The van der Waals surface area contributed by atoms with Gasteiger partial charge in [-0.2, -0.15) is 0 Å². The summed E-state index contributed by atoms with van der Waals surface area (Å²) >= 11 is 12.3. The fraction of sp³-hybridized carbons (Fsp3) is 0.278. The van der Waals surface area contributed by atoms with Crippen molar-refractivity contribution in [1.82, 2.24) is 19.9 Å². The zero-order chi connectivity index (χ0) is 18.0. The van der Waals surface area contributed by atoms with Gasteiger partial charge in [-0.25, -0.2) is 0 Å². The smallest absolute Gasteiger partial charge is 0.225 e. The third-order valence-electron chi connectivity index (χ3n) is 4.00. The van der Waals surface area contributed by atoms with Gasteiger partial charge in [-0.15, -0.1) is 10.2 Å². The van der Waals surface area contributed by atoms with Crippen LogP contribution in [0, 0.1) is 5.92 Å². The van der Waals surface area contributed by atoms with Gasteiger partial charge in [-0.1, -0.05) is 49.2 Å². The van der Waals surface area contributed by atoms with Crippen LogP contribution < -0.4 is 5.32 Å². The van der Waals surface area contributed by atoms with Crippen molar-refractivity contribution in [2.45, 2.75) is 26.3 Å². The van der Waals surface area contributed by atoms with Crippen LogP contribution in [0.2, 0.25) is 10.0 Å². The van der Waals surface area contributed by atoms with E-state index in [1.54, 1.807) is 18.2 Å². The van der Waals surface area contributed by atoms with E-state index in [4.69, 9.17) is 23.2 Å². The number of amides is 1. The Hall–Kier alpha value is -2.11. The maximum atomic E-state index is 12.6. The minimum Gasteiger partial charge on any atom is -0.346 e. The van der Waals surface area contributed by atoms with Gasteiger partial charge in [0.15, 0.2) is 11.5 Å². The molecule has 0 fully saturated rings. The zero-order valence-electron chi connectivity index (χ0n) is 13.9. The van der Waals surface area contributed by atoms with Gasteiger partial charge in [-0.3, -0.25) is 9.20 Å². The molecule has 1 amide bonds. The molecule has 0 saturated heterocycles. The van der Waals surface area contributed by atoms with Crippen molar-refractivity contribution in [3.05, 3.63) is 64.0 Å². The van der Waals surface area contributed by atoms with Crippen molar-refractivity contribution in [3.63, 3.8) is 0 Å². The van der Waals surface area contributed by atoms with Crippen LogP contribution in [0.1, 0.15) is 31.3 Å². The maximum absolute atomic E-state index is 12.6. The van der Waals surface area contributed by atoms with Crippen molar-refractivity contribution in [1.29, 1.82) is 0 Å². The molecular formula is C18H18Cl2N4O. The van der Waals surface area contributed by atoms with E-state index in [9.17, 15) is 4.79 Å². The SMILES string of the molecule is CC(C)[C@@H](NC(=O)Cc1c(Cl)cccc1Cl)c1nnc2ccccn12. The number of hydrogen-bond acceptors (Lipinski definition) is 3. The lowest BCUT2D eigenvalue weighted by Gasteiger charge is -2.21. The first-order valence-corrected chi connectivity index (χ1v) is 8.75. The second kappa shape index (κ2) is 7.42. The van der Waals surface area contributed by atoms with Crippen molar-refractivity contribution in [2.24, 2.45) is 5.92 Å². The summed E-state index contributed by atoms with van der Waals surface area (Å²) in [5.74, 6) is 0.670. The Balaban J connectivity index is 1.84. The lowest BCUT2D eigenvalue weighted by atomic mass is 10.0. The summed E-state index contributed by atoms with van der Waals surface area (Å²) < 4.78 is 1.88. The van der Waals surface area contributed by atoms with E-state index in [0.717, 1.165) is 5.65 Å². The van der Waals surface area contributed by atoms with Crippen LogP contribution in [0.3, 0.4) is 0 Å². The molecule has 0 radical (unpaired) electrons. The molecule has 3 rings (SSSR count). The largest absolute Gasteiger partial charge is 0.346 e. The molecule has 0 aliphatic heterocycles. The number of nitrogens with one attached hydrogen (secondary N) is 1. The van der Waals surface area contributed by atoms with Crippen molar-refractivity contribution >= 4 is 34.8 Å². The number of carbonyl (C=O) groups is 1. The third kappa shape index (κ3) is 3.78. The van der Waals surface area contributed by atoms with Crippen LogP contribution in [-0.2, 0) is 11.2 Å². The lowest BCUT2D eigenvalue weighted by molar-refractivity contribution is -0.121. The number of benzene rings is 1. The monoisotopic (exact) mass is 376 g/mol. The van der Waals surface area contributed by atoms with Gasteiger partial charge in [0.05, 0.1) is 12.5 Å². The molecule has 2 aromatic heterocycles. The Labute approximate surface area is 156 Å². The quantitative estimate of drug-likeness (QED) is 0.729. The van der Waals surface area contributed by atoms with E-state index in [2.05, 4.69) is 15.5 Å². The maximum Gasteiger partial charge on any atom is 0.225 e. The number of aromatic nitrogens is 3. The predicted molar refractivity (Wildman–Crippen MR) is 98.9 cm³/mol. The molecule has 1 atom stereocenters. The van der Waals surface area contributed by atoms with Crippen LogP contribution in [0.25, 0.3) is 5.65 Å². The molecule has 5 nitrogen and oxygen atoms in total. The average molecular weight is 377 g/mol. The normalized spacial score (nSPS) is 12.5. The summed E-state index contributed by atoms with van der Waals surface area (Å²) in [6, 6.07) is 10.6. The van der Waals surface area contributed by atoms with Crippen molar-refractivity contribution in [3.8, 4) is 0 Å². The van der Waals surface area contributed by atoms with E-state index >= 15 is 0 Å². The molecule has 0 unspecified atom stereocenters. The van der Waals surface area contributed by atoms with Gasteiger partial charge < -0.3 is 5.32 Å². The van der Waals surface area contributed by atoms with Gasteiger partial charge in [0, 0.05) is 16.2 Å². The fourth-order valence-electron chi connectivity index (χ4n) is 2.69. The fourth-order valence-corrected chi connectivity index (χ4v) is 3.22. The Morgan fingerprint density at radius 3 is 2.52 bits per heavy atom. The average Bonchev–Trinajstić information content (AvgIpc) is 3.00. The van der Waals surface area contributed by atoms with Crippen LogP contribution in [-0.4, -0.2) is 20.5 Å². The number of fused-ring (bicyclic) bond motifs is 1. The van der Waals surface area contributed by atoms with E-state index in [1.807, 2.05) is 42.6 Å². The summed E-state index contributed by atoms with van der Waals surface area (Å²) in [6.45, 7) is 4.05. The van der Waals surface area contributed by atoms with E-state index in [0.29, 0.717) is 21.4 Å². The molecule has 7 heteroatoms. The number of halogens is 2. The number of nitrogens with zero attached hydrogens (tertiary/aromatic N) is 3. The third-order valence-corrected chi connectivity index (χ3v) is 4.71. The number of hydrogen-bond donors (Lipinski definition) is 1. The van der Waals surface area contributed by atoms with Crippen LogP contribution in [0.5, 0.6) is 0 Å². The van der Waals surface area contributed by atoms with Gasteiger partial charge in [-0.05, 0) is 35.7 Å². The minimum atomic E-state index is -0.272. The Bertz CT molecular complexity index is 887. The van der Waals surface area contributed by atoms with Gasteiger partial charge in [0.2, 0.25) is 5.91 Å². The molecule has 3 aromatic rings. The Morgan fingerprint density at radius 1 is 1.12 bits per heavy atom. The van der Waals surface area contributed by atoms with E-state index in [-0.39, 0.29) is 24.3 Å². The first-order valence-electron chi connectivity index (χ1n) is 7.99. The van der Waals surface area contributed by atoms with Crippen LogP contribution >= 0.6 is 23.2 Å². The number of rotatable bonds is 5. The second-order valence-corrected chi connectivity index (χ2v) is 6.97. The molecule has 25 heavy (non-hydrogen) atoms. The van der Waals surface area contributed by atoms with Gasteiger partial charge >= 0.3 is 0 Å². The lowest BCUT2D eigenvalue weighted by Crippen LogP contribution is -2.34. The summed E-state index contributed by atoms with van der Waals surface area (Å²) in [5.41, 5.74) is 1.36. The Morgan fingerprint density at radius 2 is 1.84 bits per heavy atom. The standard InChI is InChI=1S/C18H18Cl2N4O/c1-11(2)17(18-23-22-15-8-3-4-9-24(15)18)21-16(25)10-12-13(19)6-5-7-14(12)20/h3-9,11,17H,10H2,1-2H3,(H,21,25)/t17-/m1/s1. The second-order valence-electron chi connectivity index (χ2n) is 6.15. The molecule has 0 aliphatic carbocycles. The summed E-state index contributed by atoms with van der Waals surface area (Å²) in [4.78, 5) is 12.6. The van der Waals surface area contributed by atoms with Crippen LogP contribution in [0.4, 0.5) is 0 Å².